The van der Waals surface area contributed by atoms with Gasteiger partial charge in [-0.15, -0.1) is 12.4 Å². The molecule has 3 aromatic rings. The predicted octanol–water partition coefficient (Wildman–Crippen LogP) is 4.58. The lowest BCUT2D eigenvalue weighted by Crippen LogP contribution is -2.01. The number of para-hydroxylation sites is 1. The monoisotopic (exact) mass is 330 g/mol. The van der Waals surface area contributed by atoms with Crippen molar-refractivity contribution < 1.29 is 0 Å². The van der Waals surface area contributed by atoms with Crippen molar-refractivity contribution in [2.24, 2.45) is 5.92 Å². The second-order valence-corrected chi connectivity index (χ2v) is 6.02. The third-order valence-corrected chi connectivity index (χ3v) is 3.78. The van der Waals surface area contributed by atoms with Crippen LogP contribution in [0.15, 0.2) is 42.7 Å². The summed E-state index contributed by atoms with van der Waals surface area (Å²) in [5.41, 5.74) is 4.61. The Labute approximate surface area is 143 Å². The number of pyridine rings is 1. The van der Waals surface area contributed by atoms with Gasteiger partial charge in [-0.1, -0.05) is 26.0 Å². The summed E-state index contributed by atoms with van der Waals surface area (Å²) < 4.78 is 0. The zero-order valence-electron chi connectivity index (χ0n) is 13.5. The summed E-state index contributed by atoms with van der Waals surface area (Å²) in [7, 11) is 0. The van der Waals surface area contributed by atoms with E-state index < -0.39 is 0 Å². The molecule has 2 aromatic heterocycles. The number of H-pyrrole nitrogens is 1. The number of aromatic amines is 1. The highest BCUT2D eigenvalue weighted by Crippen LogP contribution is 2.20. The molecule has 23 heavy (non-hydrogen) atoms. The van der Waals surface area contributed by atoms with Crippen molar-refractivity contribution in [2.75, 3.05) is 5.32 Å². The van der Waals surface area contributed by atoms with Crippen LogP contribution < -0.4 is 5.32 Å². The molecular formula is C18H23ClN4. The van der Waals surface area contributed by atoms with Gasteiger partial charge >= 0.3 is 0 Å². The van der Waals surface area contributed by atoms with Crippen molar-refractivity contribution in [1.29, 1.82) is 0 Å². The van der Waals surface area contributed by atoms with E-state index in [0.29, 0.717) is 12.5 Å². The molecule has 0 aliphatic carbocycles. The molecule has 0 fully saturated rings. The molecule has 3 rings (SSSR count). The van der Waals surface area contributed by atoms with E-state index in [4.69, 9.17) is 4.98 Å². The first kappa shape index (κ1) is 17.3. The number of aryl methyl sites for hydroxylation is 1. The second-order valence-electron chi connectivity index (χ2n) is 6.02. The van der Waals surface area contributed by atoms with Crippen LogP contribution in [-0.4, -0.2) is 15.0 Å². The smallest absolute Gasteiger partial charge is 0.126 e. The molecule has 122 valence electrons. The van der Waals surface area contributed by atoms with Gasteiger partial charge in [0.1, 0.15) is 5.82 Å². The molecule has 0 spiro atoms. The summed E-state index contributed by atoms with van der Waals surface area (Å²) in [5, 5.41) is 3.36. The highest BCUT2D eigenvalue weighted by atomic mass is 35.5. The van der Waals surface area contributed by atoms with E-state index in [1.165, 1.54) is 12.0 Å². The number of aromatic nitrogens is 3. The molecule has 2 N–H and O–H groups in total. The summed E-state index contributed by atoms with van der Waals surface area (Å²) >= 11 is 0. The molecular weight excluding hydrogens is 308 g/mol. The second kappa shape index (κ2) is 7.97. The van der Waals surface area contributed by atoms with E-state index in [2.05, 4.69) is 47.3 Å². The van der Waals surface area contributed by atoms with Crippen molar-refractivity contribution in [3.63, 3.8) is 0 Å². The highest BCUT2D eigenvalue weighted by molar-refractivity contribution is 5.85. The van der Waals surface area contributed by atoms with Gasteiger partial charge in [-0.3, -0.25) is 4.98 Å². The van der Waals surface area contributed by atoms with Crippen molar-refractivity contribution in [2.45, 2.75) is 33.2 Å². The number of rotatable bonds is 6. The fourth-order valence-corrected chi connectivity index (χ4v) is 2.53. The molecule has 0 aliphatic heterocycles. The van der Waals surface area contributed by atoms with Crippen LogP contribution in [0.2, 0.25) is 0 Å². The van der Waals surface area contributed by atoms with E-state index in [0.717, 1.165) is 29.0 Å². The Kier molecular flexibility index (Phi) is 5.99. The maximum Gasteiger partial charge on any atom is 0.126 e. The van der Waals surface area contributed by atoms with Crippen molar-refractivity contribution in [1.82, 2.24) is 15.0 Å². The zero-order valence-corrected chi connectivity index (χ0v) is 14.4. The average Bonchev–Trinajstić information content (AvgIpc) is 2.95. The summed E-state index contributed by atoms with van der Waals surface area (Å²) in [4.78, 5) is 12.2. The average molecular weight is 331 g/mol. The Balaban J connectivity index is 0.00000192. The highest BCUT2D eigenvalue weighted by Gasteiger charge is 2.08. The molecule has 1 aromatic carbocycles. The fraction of sp³-hybridized carbons (Fsp3) is 0.333. The number of fused-ring (bicyclic) bond motifs is 1. The normalized spacial score (nSPS) is 10.7. The Morgan fingerprint density at radius 1 is 1.13 bits per heavy atom. The minimum atomic E-state index is 0. The number of hydrogen-bond donors (Lipinski definition) is 2. The molecule has 2 heterocycles. The van der Waals surface area contributed by atoms with Crippen LogP contribution in [-0.2, 0) is 13.0 Å². The maximum atomic E-state index is 4.77. The van der Waals surface area contributed by atoms with Crippen LogP contribution in [0.1, 0.15) is 31.7 Å². The van der Waals surface area contributed by atoms with E-state index >= 15 is 0 Å². The van der Waals surface area contributed by atoms with Crippen molar-refractivity contribution >= 4 is 29.1 Å². The van der Waals surface area contributed by atoms with Crippen molar-refractivity contribution in [3.05, 3.63) is 54.1 Å². The third kappa shape index (κ3) is 4.45. The van der Waals surface area contributed by atoms with Crippen LogP contribution >= 0.6 is 12.4 Å². The lowest BCUT2D eigenvalue weighted by atomic mass is 10.0. The molecule has 0 unspecified atom stereocenters. The Bertz CT molecular complexity index is 737. The number of hydrogen-bond acceptors (Lipinski definition) is 3. The molecule has 0 aliphatic rings. The molecule has 0 radical (unpaired) electrons. The number of halogens is 1. The van der Waals surface area contributed by atoms with Gasteiger partial charge in [0, 0.05) is 18.1 Å². The van der Waals surface area contributed by atoms with Gasteiger partial charge < -0.3 is 10.3 Å². The van der Waals surface area contributed by atoms with Gasteiger partial charge in [0.2, 0.25) is 0 Å². The number of nitrogens with one attached hydrogen (secondary N) is 2. The van der Waals surface area contributed by atoms with Gasteiger partial charge in [0.15, 0.2) is 0 Å². The minimum Gasteiger partial charge on any atom is -0.378 e. The molecule has 0 amide bonds. The van der Waals surface area contributed by atoms with E-state index in [1.807, 2.05) is 12.1 Å². The van der Waals surface area contributed by atoms with Crippen molar-refractivity contribution in [3.8, 4) is 0 Å². The summed E-state index contributed by atoms with van der Waals surface area (Å²) in [6.45, 7) is 5.20. The largest absolute Gasteiger partial charge is 0.378 e. The van der Waals surface area contributed by atoms with Gasteiger partial charge in [0.25, 0.3) is 0 Å². The van der Waals surface area contributed by atoms with Gasteiger partial charge in [-0.2, -0.15) is 0 Å². The molecule has 4 nitrogen and oxygen atoms in total. The van der Waals surface area contributed by atoms with Gasteiger partial charge in [-0.25, -0.2) is 4.98 Å². The quantitative estimate of drug-likeness (QED) is 0.695. The fourth-order valence-electron chi connectivity index (χ4n) is 2.53. The van der Waals surface area contributed by atoms with Crippen LogP contribution in [0.4, 0.5) is 5.69 Å². The molecule has 0 bridgehead atoms. The van der Waals surface area contributed by atoms with Crippen LogP contribution in [0.5, 0.6) is 0 Å². The third-order valence-electron chi connectivity index (χ3n) is 3.78. The van der Waals surface area contributed by atoms with Crippen LogP contribution in [0.25, 0.3) is 11.0 Å². The standard InChI is InChI=1S/C18H22N4.ClH/c1-13(2)6-7-14-4-3-5-16-18(14)22-17(21-16)12-20-15-8-10-19-11-9-15;/h3-5,8-11,13H,6-7,12H2,1-2H3,(H,19,20)(H,21,22);1H. The van der Waals surface area contributed by atoms with E-state index in [-0.39, 0.29) is 12.4 Å². The first-order valence-electron chi connectivity index (χ1n) is 7.83. The number of imidazole rings is 1. The summed E-state index contributed by atoms with van der Waals surface area (Å²) in [6, 6.07) is 10.3. The predicted molar refractivity (Wildman–Crippen MR) is 98.1 cm³/mol. The molecule has 0 saturated heterocycles. The Hall–Kier alpha value is -2.07. The van der Waals surface area contributed by atoms with Crippen LogP contribution in [0, 0.1) is 5.92 Å². The minimum absolute atomic E-state index is 0. The SMILES string of the molecule is CC(C)CCc1cccc2[nH]c(CNc3ccncc3)nc12.Cl. The summed E-state index contributed by atoms with van der Waals surface area (Å²) in [6.07, 6.45) is 5.84. The first-order chi connectivity index (χ1) is 10.7. The van der Waals surface area contributed by atoms with E-state index in [9.17, 15) is 0 Å². The number of benzene rings is 1. The van der Waals surface area contributed by atoms with Gasteiger partial charge in [-0.05, 0) is 42.5 Å². The van der Waals surface area contributed by atoms with Gasteiger partial charge in [0.05, 0.1) is 17.6 Å². The lowest BCUT2D eigenvalue weighted by molar-refractivity contribution is 0.588. The first-order valence-corrected chi connectivity index (χ1v) is 7.83. The van der Waals surface area contributed by atoms with Crippen LogP contribution in [0.3, 0.4) is 0 Å². The number of nitrogens with zero attached hydrogens (tertiary/aromatic N) is 2. The molecule has 0 atom stereocenters. The summed E-state index contributed by atoms with van der Waals surface area (Å²) in [5.74, 6) is 1.67. The topological polar surface area (TPSA) is 53.6 Å². The Morgan fingerprint density at radius 2 is 1.91 bits per heavy atom. The number of anilines is 1. The van der Waals surface area contributed by atoms with E-state index in [1.54, 1.807) is 12.4 Å². The maximum absolute atomic E-state index is 4.77. The molecule has 0 saturated carbocycles. The Morgan fingerprint density at radius 3 is 2.65 bits per heavy atom. The zero-order chi connectivity index (χ0) is 15.4. The molecule has 5 heteroatoms. The lowest BCUT2D eigenvalue weighted by Gasteiger charge is -2.05.